The SMILES string of the molecule is C=C1NC(C)=C(C(=O)OC)C(c2cccc(Br)c2)C1C(=O)OC. The highest BCUT2D eigenvalue weighted by atomic mass is 79.9. The van der Waals surface area contributed by atoms with Gasteiger partial charge in [0.2, 0.25) is 0 Å². The average Bonchev–Trinajstić information content (AvgIpc) is 2.52. The zero-order valence-electron chi connectivity index (χ0n) is 13.2. The molecular weight excluding hydrogens is 362 g/mol. The lowest BCUT2D eigenvalue weighted by Gasteiger charge is -2.34. The first-order chi connectivity index (χ1) is 10.9. The summed E-state index contributed by atoms with van der Waals surface area (Å²) in [5, 5.41) is 3.00. The molecular formula is C17H18BrNO4. The van der Waals surface area contributed by atoms with E-state index in [4.69, 9.17) is 9.47 Å². The largest absolute Gasteiger partial charge is 0.468 e. The van der Waals surface area contributed by atoms with Crippen molar-refractivity contribution in [2.24, 2.45) is 5.92 Å². The van der Waals surface area contributed by atoms with Crippen LogP contribution < -0.4 is 5.32 Å². The minimum atomic E-state index is -0.716. The van der Waals surface area contributed by atoms with Crippen LogP contribution in [-0.4, -0.2) is 26.2 Å². The summed E-state index contributed by atoms with van der Waals surface area (Å²) in [5.74, 6) is -2.18. The Morgan fingerprint density at radius 3 is 2.52 bits per heavy atom. The predicted octanol–water partition coefficient (Wildman–Crippen LogP) is 2.89. The lowest BCUT2D eigenvalue weighted by molar-refractivity contribution is -0.145. The lowest BCUT2D eigenvalue weighted by atomic mass is 9.75. The molecule has 0 fully saturated rings. The number of allylic oxidation sites excluding steroid dienone is 1. The number of hydrogen-bond donors (Lipinski definition) is 1. The molecule has 0 saturated heterocycles. The van der Waals surface area contributed by atoms with E-state index in [-0.39, 0.29) is 0 Å². The zero-order chi connectivity index (χ0) is 17.1. The second kappa shape index (κ2) is 7.00. The van der Waals surface area contributed by atoms with Gasteiger partial charge in [-0.15, -0.1) is 0 Å². The number of ether oxygens (including phenoxy) is 2. The maximum absolute atomic E-state index is 12.3. The monoisotopic (exact) mass is 379 g/mol. The van der Waals surface area contributed by atoms with Crippen LogP contribution in [0.1, 0.15) is 18.4 Å². The first kappa shape index (κ1) is 17.3. The molecule has 0 aromatic heterocycles. The molecule has 1 aromatic rings. The van der Waals surface area contributed by atoms with Crippen molar-refractivity contribution in [2.75, 3.05) is 14.2 Å². The van der Waals surface area contributed by atoms with Crippen molar-refractivity contribution in [1.29, 1.82) is 0 Å². The summed E-state index contributed by atoms with van der Waals surface area (Å²) in [5.41, 5.74) is 2.31. The molecule has 0 radical (unpaired) electrons. The van der Waals surface area contributed by atoms with Gasteiger partial charge in [0, 0.05) is 21.8 Å². The van der Waals surface area contributed by atoms with Crippen LogP contribution in [0, 0.1) is 5.92 Å². The van der Waals surface area contributed by atoms with Gasteiger partial charge in [-0.05, 0) is 24.6 Å². The molecule has 0 spiro atoms. The van der Waals surface area contributed by atoms with Gasteiger partial charge in [-0.2, -0.15) is 0 Å². The molecule has 6 heteroatoms. The summed E-state index contributed by atoms with van der Waals surface area (Å²) in [7, 11) is 2.63. The van der Waals surface area contributed by atoms with E-state index in [9.17, 15) is 9.59 Å². The first-order valence-corrected chi connectivity index (χ1v) is 7.78. The van der Waals surface area contributed by atoms with Crippen LogP contribution in [0.4, 0.5) is 0 Å². The third-order valence-electron chi connectivity index (χ3n) is 3.84. The molecule has 1 aliphatic rings. The van der Waals surface area contributed by atoms with Crippen molar-refractivity contribution in [3.63, 3.8) is 0 Å². The van der Waals surface area contributed by atoms with E-state index in [2.05, 4.69) is 27.8 Å². The molecule has 1 aromatic carbocycles. The quantitative estimate of drug-likeness (QED) is 0.817. The molecule has 2 rings (SSSR count). The van der Waals surface area contributed by atoms with Crippen molar-refractivity contribution >= 4 is 27.9 Å². The van der Waals surface area contributed by atoms with Crippen LogP contribution in [0.5, 0.6) is 0 Å². The van der Waals surface area contributed by atoms with Crippen molar-refractivity contribution in [2.45, 2.75) is 12.8 Å². The highest BCUT2D eigenvalue weighted by Gasteiger charge is 2.42. The molecule has 1 N–H and O–H groups in total. The number of nitrogens with one attached hydrogen (secondary N) is 1. The zero-order valence-corrected chi connectivity index (χ0v) is 14.8. The normalized spacial score (nSPS) is 20.8. The summed E-state index contributed by atoms with van der Waals surface area (Å²) in [6, 6.07) is 7.46. The molecule has 2 atom stereocenters. The smallest absolute Gasteiger partial charge is 0.336 e. The van der Waals surface area contributed by atoms with Crippen LogP contribution in [-0.2, 0) is 19.1 Å². The number of hydrogen-bond acceptors (Lipinski definition) is 5. The third-order valence-corrected chi connectivity index (χ3v) is 4.33. The number of carbonyl (C=O) groups excluding carboxylic acids is 2. The molecule has 23 heavy (non-hydrogen) atoms. The van der Waals surface area contributed by atoms with Gasteiger partial charge in [-0.25, -0.2) is 4.79 Å². The van der Waals surface area contributed by atoms with Crippen LogP contribution in [0.3, 0.4) is 0 Å². The molecule has 5 nitrogen and oxygen atoms in total. The second-order valence-corrected chi connectivity index (χ2v) is 6.13. The Morgan fingerprint density at radius 2 is 1.96 bits per heavy atom. The van der Waals surface area contributed by atoms with E-state index in [1.807, 2.05) is 24.3 Å². The Kier molecular flexibility index (Phi) is 5.26. The van der Waals surface area contributed by atoms with Gasteiger partial charge < -0.3 is 14.8 Å². The minimum absolute atomic E-state index is 0.397. The van der Waals surface area contributed by atoms with Gasteiger partial charge in [-0.3, -0.25) is 4.79 Å². The molecule has 0 saturated carbocycles. The van der Waals surface area contributed by atoms with Gasteiger partial charge >= 0.3 is 11.9 Å². The minimum Gasteiger partial charge on any atom is -0.468 e. The number of benzene rings is 1. The van der Waals surface area contributed by atoms with Crippen LogP contribution in [0.2, 0.25) is 0 Å². The van der Waals surface area contributed by atoms with Crippen LogP contribution in [0.15, 0.2) is 52.3 Å². The average molecular weight is 380 g/mol. The van der Waals surface area contributed by atoms with E-state index < -0.39 is 23.8 Å². The van der Waals surface area contributed by atoms with Gasteiger partial charge in [0.05, 0.1) is 19.8 Å². The fraction of sp³-hybridized carbons (Fsp3) is 0.294. The number of halogens is 1. The molecule has 1 aliphatic heterocycles. The van der Waals surface area contributed by atoms with Crippen molar-refractivity contribution in [3.8, 4) is 0 Å². The molecule has 0 bridgehead atoms. The Balaban J connectivity index is 2.67. The Bertz CT molecular complexity index is 696. The van der Waals surface area contributed by atoms with Crippen molar-refractivity contribution in [3.05, 3.63) is 57.8 Å². The second-order valence-electron chi connectivity index (χ2n) is 5.21. The maximum Gasteiger partial charge on any atom is 0.336 e. The Hall–Kier alpha value is -2.08. The molecule has 1 heterocycles. The van der Waals surface area contributed by atoms with E-state index in [0.29, 0.717) is 17.0 Å². The summed E-state index contributed by atoms with van der Waals surface area (Å²) >= 11 is 3.42. The van der Waals surface area contributed by atoms with Crippen LogP contribution >= 0.6 is 15.9 Å². The number of carbonyl (C=O) groups is 2. The summed E-state index contributed by atoms with van der Waals surface area (Å²) in [4.78, 5) is 24.6. The van der Waals surface area contributed by atoms with Gasteiger partial charge in [0.1, 0.15) is 5.92 Å². The van der Waals surface area contributed by atoms with Crippen molar-refractivity contribution < 1.29 is 19.1 Å². The van der Waals surface area contributed by atoms with E-state index >= 15 is 0 Å². The fourth-order valence-corrected chi connectivity index (χ4v) is 3.26. The number of rotatable bonds is 3. The first-order valence-electron chi connectivity index (χ1n) is 6.98. The van der Waals surface area contributed by atoms with Gasteiger partial charge in [0.25, 0.3) is 0 Å². The topological polar surface area (TPSA) is 64.6 Å². The number of esters is 2. The van der Waals surface area contributed by atoms with E-state index in [1.54, 1.807) is 6.92 Å². The lowest BCUT2D eigenvalue weighted by Crippen LogP contribution is -2.39. The highest BCUT2D eigenvalue weighted by Crippen LogP contribution is 2.41. The van der Waals surface area contributed by atoms with E-state index in [0.717, 1.165) is 10.0 Å². The van der Waals surface area contributed by atoms with E-state index in [1.165, 1.54) is 14.2 Å². The van der Waals surface area contributed by atoms with Crippen LogP contribution in [0.25, 0.3) is 0 Å². The Morgan fingerprint density at radius 1 is 1.26 bits per heavy atom. The molecule has 2 unspecified atom stereocenters. The highest BCUT2D eigenvalue weighted by molar-refractivity contribution is 9.10. The summed E-state index contributed by atoms with van der Waals surface area (Å²) < 4.78 is 10.7. The maximum atomic E-state index is 12.3. The predicted molar refractivity (Wildman–Crippen MR) is 89.4 cm³/mol. The standard InChI is InChI=1S/C17H18BrNO4/c1-9-13(16(20)22-3)15(11-6-5-7-12(18)8-11)14(10(2)19-9)17(21)23-4/h5-8,13,15,19H,1H2,2-4H3. The molecule has 0 aliphatic carbocycles. The summed E-state index contributed by atoms with van der Waals surface area (Å²) in [6.45, 7) is 5.68. The number of methoxy groups -OCH3 is 2. The fourth-order valence-electron chi connectivity index (χ4n) is 2.84. The van der Waals surface area contributed by atoms with Gasteiger partial charge in [-0.1, -0.05) is 34.6 Å². The Labute approximate surface area is 143 Å². The molecule has 122 valence electrons. The third kappa shape index (κ3) is 3.32. The van der Waals surface area contributed by atoms with Gasteiger partial charge in [0.15, 0.2) is 0 Å². The summed E-state index contributed by atoms with van der Waals surface area (Å²) in [6.07, 6.45) is 0. The van der Waals surface area contributed by atoms with Crippen molar-refractivity contribution in [1.82, 2.24) is 5.32 Å². The molecule has 0 amide bonds.